The number of aryl methyl sites for hydroxylation is 1. The molecule has 6 heteroatoms. The summed E-state index contributed by atoms with van der Waals surface area (Å²) in [5.74, 6) is 1.95. The summed E-state index contributed by atoms with van der Waals surface area (Å²) in [6.45, 7) is 5.63. The maximum Gasteiger partial charge on any atom is 0.191 e. The fourth-order valence-corrected chi connectivity index (χ4v) is 2.90. The van der Waals surface area contributed by atoms with Crippen LogP contribution >= 0.6 is 0 Å². The van der Waals surface area contributed by atoms with Crippen molar-refractivity contribution >= 4 is 16.9 Å². The van der Waals surface area contributed by atoms with E-state index >= 15 is 0 Å². The molecule has 2 heterocycles. The number of aromatic amines is 1. The summed E-state index contributed by atoms with van der Waals surface area (Å²) in [6, 6.07) is 10.4. The molecule has 0 fully saturated rings. The summed E-state index contributed by atoms with van der Waals surface area (Å²) >= 11 is 0. The van der Waals surface area contributed by atoms with E-state index in [1.54, 1.807) is 7.05 Å². The molecule has 6 nitrogen and oxygen atoms in total. The average molecular weight is 353 g/mol. The summed E-state index contributed by atoms with van der Waals surface area (Å²) in [6.07, 6.45) is 4.16. The summed E-state index contributed by atoms with van der Waals surface area (Å²) in [5, 5.41) is 12.0. The number of guanidine groups is 1. The van der Waals surface area contributed by atoms with Crippen molar-refractivity contribution in [2.24, 2.45) is 4.99 Å². The van der Waals surface area contributed by atoms with E-state index in [4.69, 9.17) is 4.52 Å². The predicted molar refractivity (Wildman–Crippen MR) is 105 cm³/mol. The van der Waals surface area contributed by atoms with Gasteiger partial charge in [0.05, 0.1) is 12.2 Å². The summed E-state index contributed by atoms with van der Waals surface area (Å²) in [7, 11) is 1.77. The maximum atomic E-state index is 5.34. The van der Waals surface area contributed by atoms with E-state index in [9.17, 15) is 0 Å². The maximum absolute atomic E-state index is 5.34. The molecule has 0 radical (unpaired) electrons. The Morgan fingerprint density at radius 3 is 2.88 bits per heavy atom. The fourth-order valence-electron chi connectivity index (χ4n) is 2.90. The van der Waals surface area contributed by atoms with Crippen molar-refractivity contribution in [2.75, 3.05) is 13.6 Å². The van der Waals surface area contributed by atoms with E-state index in [2.05, 4.69) is 70.1 Å². The molecule has 0 unspecified atom stereocenters. The lowest BCUT2D eigenvalue weighted by molar-refractivity contribution is 0.372. The predicted octanol–water partition coefficient (Wildman–Crippen LogP) is 3.58. The van der Waals surface area contributed by atoms with Gasteiger partial charge in [0, 0.05) is 36.8 Å². The highest BCUT2D eigenvalue weighted by Gasteiger charge is 2.08. The van der Waals surface area contributed by atoms with Gasteiger partial charge >= 0.3 is 0 Å². The van der Waals surface area contributed by atoms with E-state index in [0.717, 1.165) is 36.8 Å². The molecule has 1 aromatic carbocycles. The Morgan fingerprint density at radius 2 is 2.12 bits per heavy atom. The normalized spacial score (nSPS) is 12.1. The fraction of sp³-hybridized carbons (Fsp3) is 0.400. The van der Waals surface area contributed by atoms with E-state index < -0.39 is 0 Å². The van der Waals surface area contributed by atoms with Gasteiger partial charge in [-0.25, -0.2) is 0 Å². The zero-order chi connectivity index (χ0) is 18.4. The number of aliphatic imine (C=N–C) groups is 1. The van der Waals surface area contributed by atoms with Gasteiger partial charge in [-0.1, -0.05) is 37.2 Å². The lowest BCUT2D eigenvalue weighted by Gasteiger charge is -2.10. The van der Waals surface area contributed by atoms with Crippen molar-refractivity contribution in [3.8, 4) is 0 Å². The number of fused-ring (bicyclic) bond motifs is 1. The molecule has 3 aromatic rings. The number of hydrogen-bond donors (Lipinski definition) is 3. The smallest absolute Gasteiger partial charge is 0.191 e. The highest BCUT2D eigenvalue weighted by molar-refractivity contribution is 5.83. The number of nitrogens with one attached hydrogen (secondary N) is 3. The van der Waals surface area contributed by atoms with Gasteiger partial charge in [0.2, 0.25) is 0 Å². The van der Waals surface area contributed by atoms with Crippen LogP contribution in [0.1, 0.15) is 43.2 Å². The molecule has 0 atom stereocenters. The first-order chi connectivity index (χ1) is 12.7. The van der Waals surface area contributed by atoms with Crippen LogP contribution in [-0.2, 0) is 13.0 Å². The highest BCUT2D eigenvalue weighted by atomic mass is 16.5. The second-order valence-electron chi connectivity index (χ2n) is 6.69. The minimum atomic E-state index is 0.370. The molecule has 26 heavy (non-hydrogen) atoms. The van der Waals surface area contributed by atoms with Crippen molar-refractivity contribution < 1.29 is 4.52 Å². The average Bonchev–Trinajstić information content (AvgIpc) is 3.28. The van der Waals surface area contributed by atoms with E-state index in [1.807, 2.05) is 6.07 Å². The van der Waals surface area contributed by atoms with Crippen LogP contribution in [0.5, 0.6) is 0 Å². The van der Waals surface area contributed by atoms with Gasteiger partial charge in [0.25, 0.3) is 0 Å². The first-order valence-electron chi connectivity index (χ1n) is 9.12. The molecular formula is C20H27N5O. The van der Waals surface area contributed by atoms with Gasteiger partial charge < -0.3 is 20.1 Å². The van der Waals surface area contributed by atoms with Gasteiger partial charge in [0.15, 0.2) is 11.7 Å². The van der Waals surface area contributed by atoms with Crippen LogP contribution in [0.25, 0.3) is 10.9 Å². The number of H-pyrrole nitrogens is 1. The van der Waals surface area contributed by atoms with Gasteiger partial charge in [0.1, 0.15) is 0 Å². The molecule has 0 aliphatic rings. The lowest BCUT2D eigenvalue weighted by atomic mass is 10.1. The highest BCUT2D eigenvalue weighted by Crippen LogP contribution is 2.18. The molecule has 0 saturated carbocycles. The Balaban J connectivity index is 1.42. The Labute approximate surface area is 154 Å². The third kappa shape index (κ3) is 4.45. The molecule has 0 saturated heterocycles. The summed E-state index contributed by atoms with van der Waals surface area (Å²) in [4.78, 5) is 7.58. The third-order valence-electron chi connectivity index (χ3n) is 4.41. The molecule has 2 aromatic heterocycles. The molecule has 0 bridgehead atoms. The second kappa shape index (κ2) is 8.56. The van der Waals surface area contributed by atoms with Crippen molar-refractivity contribution in [3.63, 3.8) is 0 Å². The first-order valence-corrected chi connectivity index (χ1v) is 9.12. The molecule has 138 valence electrons. The molecule has 3 N–H and O–H groups in total. The molecule has 0 aliphatic heterocycles. The van der Waals surface area contributed by atoms with Gasteiger partial charge in [-0.15, -0.1) is 0 Å². The monoisotopic (exact) mass is 353 g/mol. The Bertz CT molecular complexity index is 862. The number of nitrogens with zero attached hydrogens (tertiary/aromatic N) is 2. The number of benzene rings is 1. The quantitative estimate of drug-likeness (QED) is 0.345. The molecule has 0 aliphatic carbocycles. The van der Waals surface area contributed by atoms with Gasteiger partial charge in [-0.2, -0.15) is 0 Å². The summed E-state index contributed by atoms with van der Waals surface area (Å²) < 4.78 is 5.34. The molecule has 0 amide bonds. The van der Waals surface area contributed by atoms with E-state index in [0.29, 0.717) is 12.5 Å². The second-order valence-corrected chi connectivity index (χ2v) is 6.69. The number of rotatable bonds is 7. The van der Waals surface area contributed by atoms with Crippen LogP contribution in [-0.4, -0.2) is 29.7 Å². The molecule has 0 spiro atoms. The van der Waals surface area contributed by atoms with Crippen molar-refractivity contribution in [2.45, 2.75) is 39.2 Å². The van der Waals surface area contributed by atoms with Crippen LogP contribution in [0.2, 0.25) is 0 Å². The third-order valence-corrected chi connectivity index (χ3v) is 4.41. The van der Waals surface area contributed by atoms with Crippen LogP contribution in [0.15, 0.2) is 46.0 Å². The van der Waals surface area contributed by atoms with Gasteiger partial charge in [-0.05, 0) is 30.4 Å². The SMILES string of the molecule is CN=C(NCCCc1c[nH]c2ccccc12)NCc1cc(C(C)C)no1. The van der Waals surface area contributed by atoms with Crippen LogP contribution in [0.3, 0.4) is 0 Å². The zero-order valence-corrected chi connectivity index (χ0v) is 15.7. The zero-order valence-electron chi connectivity index (χ0n) is 15.7. The Kier molecular flexibility index (Phi) is 5.94. The lowest BCUT2D eigenvalue weighted by Crippen LogP contribution is -2.37. The largest absolute Gasteiger partial charge is 0.361 e. The van der Waals surface area contributed by atoms with E-state index in [1.165, 1.54) is 16.5 Å². The van der Waals surface area contributed by atoms with Crippen LogP contribution in [0, 0.1) is 0 Å². The number of para-hydroxylation sites is 1. The first kappa shape index (κ1) is 18.0. The van der Waals surface area contributed by atoms with Crippen molar-refractivity contribution in [1.82, 2.24) is 20.8 Å². The minimum Gasteiger partial charge on any atom is -0.361 e. The van der Waals surface area contributed by atoms with Crippen LogP contribution < -0.4 is 10.6 Å². The molecular weight excluding hydrogens is 326 g/mol. The van der Waals surface area contributed by atoms with Crippen LogP contribution in [0.4, 0.5) is 0 Å². The Morgan fingerprint density at radius 1 is 1.27 bits per heavy atom. The summed E-state index contributed by atoms with van der Waals surface area (Å²) in [5.41, 5.74) is 3.53. The number of aromatic nitrogens is 2. The minimum absolute atomic E-state index is 0.370. The molecule has 3 rings (SSSR count). The number of hydrogen-bond acceptors (Lipinski definition) is 3. The van der Waals surface area contributed by atoms with Crippen molar-refractivity contribution in [3.05, 3.63) is 53.5 Å². The van der Waals surface area contributed by atoms with Gasteiger partial charge in [-0.3, -0.25) is 4.99 Å². The van der Waals surface area contributed by atoms with Crippen molar-refractivity contribution in [1.29, 1.82) is 0 Å². The Hall–Kier alpha value is -2.76. The standard InChI is InChI=1S/C20H27N5O/c1-14(2)19-11-16(26-25-19)13-24-20(21-3)22-10-6-7-15-12-23-18-9-5-4-8-17(15)18/h4-5,8-9,11-12,14,23H,6-7,10,13H2,1-3H3,(H2,21,22,24). The topological polar surface area (TPSA) is 78.2 Å². The van der Waals surface area contributed by atoms with E-state index in [-0.39, 0.29) is 0 Å².